The minimum Gasteiger partial charge on any atom is -0.496 e. The van der Waals surface area contributed by atoms with E-state index in [0.717, 1.165) is 5.56 Å². The van der Waals surface area contributed by atoms with Crippen molar-refractivity contribution < 1.29 is 9.53 Å². The molecule has 2 nitrogen and oxygen atoms in total. The third-order valence-electron chi connectivity index (χ3n) is 2.66. The van der Waals surface area contributed by atoms with Gasteiger partial charge in [-0.25, -0.2) is 0 Å². The van der Waals surface area contributed by atoms with Gasteiger partial charge in [-0.15, -0.1) is 0 Å². The molecule has 0 heterocycles. The molecule has 0 saturated carbocycles. The number of thiocarbonyl (C=S) groups is 1. The first-order chi connectivity index (χ1) is 8.76. The lowest BCUT2D eigenvalue weighted by Gasteiger charge is -2.07. The van der Waals surface area contributed by atoms with Crippen molar-refractivity contribution in [3.05, 3.63) is 65.2 Å². The summed E-state index contributed by atoms with van der Waals surface area (Å²) in [6.07, 6.45) is 0. The fraction of sp³-hybridized carbons (Fsp3) is 0.0667. The van der Waals surface area contributed by atoms with E-state index in [-0.39, 0.29) is 5.78 Å². The van der Waals surface area contributed by atoms with E-state index in [1.807, 2.05) is 24.3 Å². The van der Waals surface area contributed by atoms with E-state index in [4.69, 9.17) is 17.0 Å². The highest BCUT2D eigenvalue weighted by atomic mass is 32.1. The lowest BCUT2D eigenvalue weighted by Crippen LogP contribution is -2.03. The maximum atomic E-state index is 12.3. The van der Waals surface area contributed by atoms with E-state index in [0.29, 0.717) is 16.9 Å². The molecule has 0 N–H and O–H groups in total. The first kappa shape index (κ1) is 12.5. The molecule has 0 aliphatic rings. The van der Waals surface area contributed by atoms with Crippen molar-refractivity contribution in [2.24, 2.45) is 0 Å². The van der Waals surface area contributed by atoms with E-state index in [2.05, 4.69) is 0 Å². The molecular weight excluding hydrogens is 244 g/mol. The Morgan fingerprint density at radius 1 is 1.11 bits per heavy atom. The Balaban J connectivity index is 2.38. The van der Waals surface area contributed by atoms with Gasteiger partial charge in [0.05, 0.1) is 12.7 Å². The predicted molar refractivity (Wildman–Crippen MR) is 75.6 cm³/mol. The zero-order chi connectivity index (χ0) is 13.0. The molecule has 0 atom stereocenters. The van der Waals surface area contributed by atoms with Gasteiger partial charge in [0.25, 0.3) is 0 Å². The molecule has 3 heteroatoms. The highest BCUT2D eigenvalue weighted by Gasteiger charge is 2.13. The summed E-state index contributed by atoms with van der Waals surface area (Å²) in [6.45, 7) is 0. The van der Waals surface area contributed by atoms with Crippen LogP contribution in [0.15, 0.2) is 48.5 Å². The quantitative estimate of drug-likeness (QED) is 0.620. The molecule has 0 aliphatic carbocycles. The summed E-state index contributed by atoms with van der Waals surface area (Å²) in [4.78, 5) is 12.3. The van der Waals surface area contributed by atoms with Crippen molar-refractivity contribution in [1.29, 1.82) is 0 Å². The molecule has 90 valence electrons. The van der Waals surface area contributed by atoms with Gasteiger partial charge in [0, 0.05) is 10.9 Å². The monoisotopic (exact) mass is 256 g/mol. The Morgan fingerprint density at radius 3 is 2.39 bits per heavy atom. The van der Waals surface area contributed by atoms with Crippen molar-refractivity contribution >= 4 is 23.4 Å². The van der Waals surface area contributed by atoms with Gasteiger partial charge in [-0.1, -0.05) is 48.6 Å². The summed E-state index contributed by atoms with van der Waals surface area (Å²) < 4.78 is 5.19. The van der Waals surface area contributed by atoms with Crippen LogP contribution in [0.4, 0.5) is 0 Å². The van der Waals surface area contributed by atoms with E-state index in [1.54, 1.807) is 36.7 Å². The second-order valence-electron chi connectivity index (χ2n) is 3.77. The lowest BCUT2D eigenvalue weighted by atomic mass is 10.0. The van der Waals surface area contributed by atoms with Crippen LogP contribution in [0, 0.1) is 0 Å². The number of hydrogen-bond acceptors (Lipinski definition) is 3. The smallest absolute Gasteiger partial charge is 0.196 e. The summed E-state index contributed by atoms with van der Waals surface area (Å²) in [7, 11) is 1.56. The molecule has 0 bridgehead atoms. The topological polar surface area (TPSA) is 26.3 Å². The number of methoxy groups -OCH3 is 1. The average Bonchev–Trinajstić information content (AvgIpc) is 2.46. The summed E-state index contributed by atoms with van der Waals surface area (Å²) in [5.41, 5.74) is 2.11. The number of para-hydroxylation sites is 1. The Bertz CT molecular complexity index is 573. The van der Waals surface area contributed by atoms with Gasteiger partial charge in [0.15, 0.2) is 5.78 Å². The highest BCUT2D eigenvalue weighted by molar-refractivity contribution is 7.79. The van der Waals surface area contributed by atoms with Crippen LogP contribution in [0.2, 0.25) is 0 Å². The standard InChI is InChI=1S/C15H12O2S/c1-17-14-5-3-2-4-13(14)15(16)12-8-6-11(10-18)7-9-12/h2-10H,1H3. The van der Waals surface area contributed by atoms with Crippen LogP contribution in [-0.4, -0.2) is 18.3 Å². The Labute approximate surface area is 111 Å². The molecule has 0 fully saturated rings. The number of rotatable bonds is 4. The summed E-state index contributed by atoms with van der Waals surface area (Å²) in [5.74, 6) is 0.532. The van der Waals surface area contributed by atoms with Crippen LogP contribution in [-0.2, 0) is 0 Å². The van der Waals surface area contributed by atoms with Gasteiger partial charge >= 0.3 is 0 Å². The third-order valence-corrected chi connectivity index (χ3v) is 2.93. The van der Waals surface area contributed by atoms with E-state index in [1.165, 1.54) is 0 Å². The first-order valence-corrected chi connectivity index (χ1v) is 5.96. The number of ketones is 1. The number of benzene rings is 2. The molecule has 0 saturated heterocycles. The summed E-state index contributed by atoms with van der Waals surface area (Å²) in [6, 6.07) is 14.4. The van der Waals surface area contributed by atoms with E-state index >= 15 is 0 Å². The van der Waals surface area contributed by atoms with Crippen molar-refractivity contribution in [2.45, 2.75) is 0 Å². The van der Waals surface area contributed by atoms with Gasteiger partial charge in [0.1, 0.15) is 5.75 Å². The Morgan fingerprint density at radius 2 is 1.78 bits per heavy atom. The highest BCUT2D eigenvalue weighted by Crippen LogP contribution is 2.21. The van der Waals surface area contributed by atoms with Crippen LogP contribution in [0.25, 0.3) is 0 Å². The minimum absolute atomic E-state index is 0.0524. The first-order valence-electron chi connectivity index (χ1n) is 5.49. The largest absolute Gasteiger partial charge is 0.496 e. The predicted octanol–water partition coefficient (Wildman–Crippen LogP) is 3.27. The van der Waals surface area contributed by atoms with Crippen LogP contribution in [0.3, 0.4) is 0 Å². The second-order valence-corrected chi connectivity index (χ2v) is 4.00. The molecule has 0 amide bonds. The second kappa shape index (κ2) is 5.56. The number of carbonyl (C=O) groups is 1. The fourth-order valence-corrected chi connectivity index (χ4v) is 1.86. The molecule has 0 unspecified atom stereocenters. The Hall–Kier alpha value is -2.00. The van der Waals surface area contributed by atoms with Gasteiger partial charge in [0.2, 0.25) is 0 Å². The maximum Gasteiger partial charge on any atom is 0.196 e. The molecular formula is C15H12O2S. The zero-order valence-electron chi connectivity index (χ0n) is 9.92. The average molecular weight is 256 g/mol. The molecule has 2 aromatic carbocycles. The molecule has 0 aliphatic heterocycles. The SMILES string of the molecule is COc1ccccc1C(=O)c1ccc(C=S)cc1. The van der Waals surface area contributed by atoms with Crippen LogP contribution in [0.1, 0.15) is 21.5 Å². The molecule has 18 heavy (non-hydrogen) atoms. The third kappa shape index (κ3) is 2.46. The van der Waals surface area contributed by atoms with Crippen LogP contribution < -0.4 is 4.74 Å². The normalized spacial score (nSPS) is 9.83. The molecule has 0 aromatic heterocycles. The lowest BCUT2D eigenvalue weighted by molar-refractivity contribution is 0.103. The Kier molecular flexibility index (Phi) is 3.85. The van der Waals surface area contributed by atoms with Crippen LogP contribution >= 0.6 is 12.2 Å². The molecule has 0 spiro atoms. The van der Waals surface area contributed by atoms with Gasteiger partial charge in [-0.3, -0.25) is 4.79 Å². The van der Waals surface area contributed by atoms with Gasteiger partial charge in [-0.05, 0) is 17.7 Å². The van der Waals surface area contributed by atoms with Crippen molar-refractivity contribution in [2.75, 3.05) is 7.11 Å². The van der Waals surface area contributed by atoms with E-state index in [9.17, 15) is 4.79 Å². The van der Waals surface area contributed by atoms with Crippen LogP contribution in [0.5, 0.6) is 5.75 Å². The summed E-state index contributed by atoms with van der Waals surface area (Å²) in [5, 5.41) is 1.58. The van der Waals surface area contributed by atoms with Crippen molar-refractivity contribution in [3.63, 3.8) is 0 Å². The van der Waals surface area contributed by atoms with Crippen molar-refractivity contribution in [1.82, 2.24) is 0 Å². The zero-order valence-corrected chi connectivity index (χ0v) is 10.7. The molecule has 0 radical (unpaired) electrons. The maximum absolute atomic E-state index is 12.3. The van der Waals surface area contributed by atoms with Crippen molar-refractivity contribution in [3.8, 4) is 5.75 Å². The number of ether oxygens (including phenoxy) is 1. The minimum atomic E-state index is -0.0524. The summed E-state index contributed by atoms with van der Waals surface area (Å²) >= 11 is 4.83. The fourth-order valence-electron chi connectivity index (χ4n) is 1.70. The van der Waals surface area contributed by atoms with Gasteiger partial charge in [-0.2, -0.15) is 0 Å². The molecule has 2 rings (SSSR count). The van der Waals surface area contributed by atoms with Gasteiger partial charge < -0.3 is 4.74 Å². The molecule has 2 aromatic rings. The van der Waals surface area contributed by atoms with E-state index < -0.39 is 0 Å². The number of hydrogen-bond donors (Lipinski definition) is 0. The number of carbonyl (C=O) groups excluding carboxylic acids is 1.